The monoisotopic (exact) mass is 599 g/mol. The van der Waals surface area contributed by atoms with E-state index in [1.807, 2.05) is 49.1 Å². The highest BCUT2D eigenvalue weighted by Gasteiger charge is 2.18. The Hall–Kier alpha value is -3.62. The molecular weight excluding hydrogens is 558 g/mol. The van der Waals surface area contributed by atoms with Crippen LogP contribution in [0.2, 0.25) is 0 Å². The highest BCUT2D eigenvalue weighted by molar-refractivity contribution is 7.91. The van der Waals surface area contributed by atoms with Gasteiger partial charge in [0.2, 0.25) is 0 Å². The number of azo groups is 1. The van der Waals surface area contributed by atoms with E-state index in [4.69, 9.17) is 15.6 Å². The van der Waals surface area contributed by atoms with Crippen molar-refractivity contribution < 1.29 is 23.4 Å². The van der Waals surface area contributed by atoms with E-state index >= 15 is 0 Å². The average molecular weight is 600 g/mol. The zero-order chi connectivity index (χ0) is 30.4. The van der Waals surface area contributed by atoms with Crippen LogP contribution in [0.5, 0.6) is 0 Å². The van der Waals surface area contributed by atoms with Crippen LogP contribution >= 0.6 is 0 Å². The predicted octanol–water partition coefficient (Wildman–Crippen LogP) is 4.03. The second-order valence-corrected chi connectivity index (χ2v) is 11.6. The summed E-state index contributed by atoms with van der Waals surface area (Å²) in [6, 6.07) is 15.8. The lowest BCUT2D eigenvalue weighted by molar-refractivity contribution is 0.0992. The van der Waals surface area contributed by atoms with Gasteiger partial charge in [0, 0.05) is 30.9 Å². The van der Waals surface area contributed by atoms with Crippen LogP contribution < -0.4 is 16.4 Å². The summed E-state index contributed by atoms with van der Waals surface area (Å²) in [6.07, 6.45) is 0.878. The van der Waals surface area contributed by atoms with Gasteiger partial charge in [-0.15, -0.1) is 5.11 Å². The first-order chi connectivity index (χ1) is 20.3. The largest absolute Gasteiger partial charge is 0.395 e. The van der Waals surface area contributed by atoms with Crippen LogP contribution in [-0.4, -0.2) is 86.9 Å². The lowest BCUT2D eigenvalue weighted by Crippen LogP contribution is -2.32. The minimum absolute atomic E-state index is 0.0113. The summed E-state index contributed by atoms with van der Waals surface area (Å²) in [5.41, 5.74) is 9.16. The number of nitrogens with two attached hydrogens (primary N) is 1. The van der Waals surface area contributed by atoms with Crippen molar-refractivity contribution in [1.29, 1.82) is 0 Å². The molecule has 12 nitrogen and oxygen atoms in total. The number of hydrogen-bond acceptors (Lipinski definition) is 12. The number of rotatable bonds is 18. The molecule has 0 aliphatic rings. The van der Waals surface area contributed by atoms with Gasteiger partial charge in [-0.05, 0) is 56.3 Å². The number of pyridine rings is 1. The number of aliphatic hydroxyl groups is 2. The number of benzene rings is 2. The third-order valence-corrected chi connectivity index (χ3v) is 8.08. The molecule has 1 aromatic heterocycles. The van der Waals surface area contributed by atoms with Crippen LogP contribution in [-0.2, 0) is 14.6 Å². The summed E-state index contributed by atoms with van der Waals surface area (Å²) in [5.74, 6) is 0.859. The quantitative estimate of drug-likeness (QED) is 0.106. The van der Waals surface area contributed by atoms with Crippen LogP contribution in [0.25, 0.3) is 0 Å². The van der Waals surface area contributed by atoms with Gasteiger partial charge in [-0.3, -0.25) is 0 Å². The van der Waals surface area contributed by atoms with Crippen molar-refractivity contribution >= 4 is 44.2 Å². The number of anilines is 4. The van der Waals surface area contributed by atoms with Gasteiger partial charge in [0.15, 0.2) is 21.5 Å². The molecule has 3 aromatic rings. The summed E-state index contributed by atoms with van der Waals surface area (Å²) in [7, 11) is -3.51. The Balaban J connectivity index is 1.81. The lowest BCUT2D eigenvalue weighted by atomic mass is 10.2. The normalized spacial score (nSPS) is 11.8. The molecule has 0 amide bonds. The highest BCUT2D eigenvalue weighted by atomic mass is 32.2. The molecule has 0 aliphatic carbocycles. The van der Waals surface area contributed by atoms with E-state index < -0.39 is 9.84 Å². The smallest absolute Gasteiger partial charge is 0.179 e. The molecule has 0 unspecified atom stereocenters. The third kappa shape index (κ3) is 9.74. The van der Waals surface area contributed by atoms with Gasteiger partial charge in [-0.2, -0.15) is 5.11 Å². The molecule has 3 rings (SSSR count). The van der Waals surface area contributed by atoms with Gasteiger partial charge in [0.1, 0.15) is 5.69 Å². The van der Waals surface area contributed by atoms with Gasteiger partial charge in [-0.25, -0.2) is 13.4 Å². The molecule has 0 bridgehead atoms. The Morgan fingerprint density at radius 3 is 2.36 bits per heavy atom. The number of nitrogen functional groups attached to an aromatic ring is 1. The van der Waals surface area contributed by atoms with Crippen LogP contribution in [0, 0.1) is 6.92 Å². The van der Waals surface area contributed by atoms with Gasteiger partial charge in [0.25, 0.3) is 0 Å². The molecule has 6 N–H and O–H groups in total. The molecule has 42 heavy (non-hydrogen) atoms. The van der Waals surface area contributed by atoms with E-state index in [2.05, 4.69) is 25.8 Å². The molecule has 0 fully saturated rings. The van der Waals surface area contributed by atoms with Crippen LogP contribution in [0.4, 0.5) is 34.4 Å². The van der Waals surface area contributed by atoms with Gasteiger partial charge in [0.05, 0.1) is 48.5 Å². The number of hydrogen-bond donors (Lipinski definition) is 5. The zero-order valence-electron chi connectivity index (χ0n) is 24.2. The summed E-state index contributed by atoms with van der Waals surface area (Å²) >= 11 is 0. The van der Waals surface area contributed by atoms with Crippen molar-refractivity contribution in [3.8, 4) is 0 Å². The third-order valence-electron chi connectivity index (χ3n) is 6.37. The first-order valence-electron chi connectivity index (χ1n) is 13.9. The summed E-state index contributed by atoms with van der Waals surface area (Å²) < 4.78 is 31.1. The van der Waals surface area contributed by atoms with Crippen molar-refractivity contribution in [2.45, 2.75) is 25.2 Å². The molecular formula is C29H41N7O5S. The number of aliphatic hydroxyl groups excluding tert-OH is 2. The first kappa shape index (κ1) is 32.9. The van der Waals surface area contributed by atoms with Crippen molar-refractivity contribution in [3.63, 3.8) is 0 Å². The van der Waals surface area contributed by atoms with E-state index in [1.165, 1.54) is 12.1 Å². The summed E-state index contributed by atoms with van der Waals surface area (Å²) in [5, 5.41) is 33.3. The van der Waals surface area contributed by atoms with Crippen molar-refractivity contribution in [2.75, 3.05) is 74.7 Å². The maximum atomic E-state index is 12.9. The molecule has 0 aliphatic heterocycles. The fourth-order valence-corrected chi connectivity index (χ4v) is 5.39. The molecule has 0 saturated heterocycles. The second-order valence-electron chi connectivity index (χ2n) is 9.53. The number of aromatic nitrogens is 1. The molecule has 0 spiro atoms. The Bertz CT molecular complexity index is 1380. The van der Waals surface area contributed by atoms with E-state index in [9.17, 15) is 13.5 Å². The maximum absolute atomic E-state index is 12.9. The number of nitrogens with zero attached hydrogens (tertiary/aromatic N) is 4. The molecule has 0 saturated carbocycles. The Labute approximate surface area is 247 Å². The minimum atomic E-state index is -3.51. The molecule has 13 heteroatoms. The Kier molecular flexibility index (Phi) is 13.1. The van der Waals surface area contributed by atoms with Crippen LogP contribution in [0.15, 0.2) is 69.7 Å². The molecule has 0 atom stereocenters. The van der Waals surface area contributed by atoms with Crippen molar-refractivity contribution in [2.24, 2.45) is 10.2 Å². The fraction of sp³-hybridized carbons (Fsp3) is 0.414. The summed E-state index contributed by atoms with van der Waals surface area (Å²) in [4.78, 5) is 6.80. The van der Waals surface area contributed by atoms with Crippen LogP contribution in [0.1, 0.15) is 18.9 Å². The SMILES string of the molecule is CCCN(CCO)CCS(=O)(=O)c1ccc(N=Nc2c(Nc3ccccc3)nc(NCCOCCO)c(N)c2C)cc1. The Morgan fingerprint density at radius 2 is 1.69 bits per heavy atom. The van der Waals surface area contributed by atoms with E-state index in [-0.39, 0.29) is 30.5 Å². The summed E-state index contributed by atoms with van der Waals surface area (Å²) in [6.45, 7) is 6.36. The lowest BCUT2D eigenvalue weighted by Gasteiger charge is -2.20. The molecule has 1 heterocycles. The van der Waals surface area contributed by atoms with Gasteiger partial charge < -0.3 is 36.2 Å². The first-order valence-corrected chi connectivity index (χ1v) is 15.6. The Morgan fingerprint density at radius 1 is 0.952 bits per heavy atom. The number of para-hydroxylation sites is 1. The zero-order valence-corrected chi connectivity index (χ0v) is 25.0. The topological polar surface area (TPSA) is 175 Å². The number of nitrogens with one attached hydrogen (secondary N) is 2. The van der Waals surface area contributed by atoms with E-state index in [0.717, 1.165) is 18.7 Å². The fourth-order valence-electron chi connectivity index (χ4n) is 4.11. The van der Waals surface area contributed by atoms with Crippen molar-refractivity contribution in [3.05, 3.63) is 60.2 Å². The predicted molar refractivity (Wildman–Crippen MR) is 166 cm³/mol. The van der Waals surface area contributed by atoms with E-state index in [1.54, 1.807) is 12.1 Å². The molecule has 2 aromatic carbocycles. The average Bonchev–Trinajstić information content (AvgIpc) is 2.99. The van der Waals surface area contributed by atoms with Gasteiger partial charge >= 0.3 is 0 Å². The maximum Gasteiger partial charge on any atom is 0.179 e. The molecule has 0 radical (unpaired) electrons. The van der Waals surface area contributed by atoms with Crippen molar-refractivity contribution in [1.82, 2.24) is 9.88 Å². The number of sulfone groups is 1. The van der Waals surface area contributed by atoms with Crippen LogP contribution in [0.3, 0.4) is 0 Å². The second kappa shape index (κ2) is 16.7. The minimum Gasteiger partial charge on any atom is -0.395 e. The number of ether oxygens (including phenoxy) is 1. The van der Waals surface area contributed by atoms with Gasteiger partial charge in [-0.1, -0.05) is 25.1 Å². The molecule has 228 valence electrons. The van der Waals surface area contributed by atoms with E-state index in [0.29, 0.717) is 60.5 Å². The standard InChI is InChI=1S/C29H41N7O5S/c1-3-14-36(15-17-37)16-21-42(39,40)25-11-9-24(10-12-25)34-35-27-22(2)26(30)28(31-13-19-41-20-18-38)33-29(27)32-23-7-5-4-6-8-23/h4-12,37-38H,3,13-21,30H2,1-2H3,(H2,31,32,33). The highest BCUT2D eigenvalue weighted by Crippen LogP contribution is 2.38.